The summed E-state index contributed by atoms with van der Waals surface area (Å²) in [6, 6.07) is 0.572. The maximum Gasteiger partial charge on any atom is 0.214 e. The Kier molecular flexibility index (Phi) is 5.15. The van der Waals surface area contributed by atoms with Gasteiger partial charge < -0.3 is 5.32 Å². The summed E-state index contributed by atoms with van der Waals surface area (Å²) < 4.78 is 26.4. The molecule has 6 heteroatoms. The van der Waals surface area contributed by atoms with Crippen LogP contribution in [-0.2, 0) is 10.0 Å². The molecule has 1 N–H and O–H groups in total. The van der Waals surface area contributed by atoms with Crippen LogP contribution in [0.25, 0.3) is 0 Å². The molecule has 3 rings (SSSR count). The zero-order valence-corrected chi connectivity index (χ0v) is 13.0. The first-order valence-corrected chi connectivity index (χ1v) is 8.97. The predicted molar refractivity (Wildman–Crippen MR) is 79.1 cm³/mol. The molecule has 0 radical (unpaired) electrons. The molecular formula is C13H25ClN2O2S. The lowest BCUT2D eigenvalue weighted by Crippen LogP contribution is -2.47. The molecule has 2 heterocycles. The topological polar surface area (TPSA) is 49.4 Å². The molecule has 0 aromatic carbocycles. The van der Waals surface area contributed by atoms with E-state index in [-0.39, 0.29) is 12.4 Å². The number of halogens is 1. The molecule has 2 unspecified atom stereocenters. The van der Waals surface area contributed by atoms with Gasteiger partial charge in [0.25, 0.3) is 0 Å². The molecule has 0 aromatic heterocycles. The number of fused-ring (bicyclic) bond motifs is 1. The maximum atomic E-state index is 12.3. The molecule has 19 heavy (non-hydrogen) atoms. The molecule has 0 aromatic rings. The Morgan fingerprint density at radius 1 is 1.16 bits per heavy atom. The Morgan fingerprint density at radius 2 is 1.95 bits per heavy atom. The molecule has 0 spiro atoms. The summed E-state index contributed by atoms with van der Waals surface area (Å²) >= 11 is 0. The number of hydrogen-bond donors (Lipinski definition) is 1. The van der Waals surface area contributed by atoms with Gasteiger partial charge in [0.05, 0.1) is 5.75 Å². The van der Waals surface area contributed by atoms with E-state index >= 15 is 0 Å². The van der Waals surface area contributed by atoms with Gasteiger partial charge in [0.2, 0.25) is 10.0 Å². The van der Waals surface area contributed by atoms with Crippen LogP contribution in [0.5, 0.6) is 0 Å². The van der Waals surface area contributed by atoms with Gasteiger partial charge in [-0.15, -0.1) is 12.4 Å². The highest BCUT2D eigenvalue weighted by atomic mass is 35.5. The first-order valence-electron chi connectivity index (χ1n) is 7.36. The summed E-state index contributed by atoms with van der Waals surface area (Å²) in [7, 11) is -2.99. The van der Waals surface area contributed by atoms with Gasteiger partial charge in [-0.25, -0.2) is 12.7 Å². The molecule has 4 nitrogen and oxygen atoms in total. The van der Waals surface area contributed by atoms with Gasteiger partial charge in [0, 0.05) is 19.1 Å². The summed E-state index contributed by atoms with van der Waals surface area (Å²) in [5.41, 5.74) is 0. The van der Waals surface area contributed by atoms with Gasteiger partial charge in [-0.05, 0) is 37.6 Å². The second-order valence-electron chi connectivity index (χ2n) is 6.16. The maximum absolute atomic E-state index is 12.3. The Bertz CT molecular complexity index is 397. The lowest BCUT2D eigenvalue weighted by Gasteiger charge is -2.34. The second-order valence-corrected chi connectivity index (χ2v) is 8.25. The van der Waals surface area contributed by atoms with Crippen molar-refractivity contribution >= 4 is 22.4 Å². The lowest BCUT2D eigenvalue weighted by molar-refractivity contribution is 0.244. The van der Waals surface area contributed by atoms with E-state index in [0.717, 1.165) is 38.9 Å². The van der Waals surface area contributed by atoms with Crippen molar-refractivity contribution in [2.24, 2.45) is 11.8 Å². The fraction of sp³-hybridized carbons (Fsp3) is 1.00. The smallest absolute Gasteiger partial charge is 0.214 e. The van der Waals surface area contributed by atoms with E-state index in [1.54, 1.807) is 4.31 Å². The predicted octanol–water partition coefficient (Wildman–Crippen LogP) is 1.61. The van der Waals surface area contributed by atoms with Crippen molar-refractivity contribution in [3.63, 3.8) is 0 Å². The standard InChI is InChI=1S/C13H24N2O2S.ClH/c16-18(17,9-6-11-2-1-3-11)15-8-5-13-12(10-15)4-7-14-13;/h11-14H,1-10H2;1H. The molecule has 0 bridgehead atoms. The highest BCUT2D eigenvalue weighted by Crippen LogP contribution is 2.31. The number of nitrogens with zero attached hydrogens (tertiary/aromatic N) is 1. The van der Waals surface area contributed by atoms with Gasteiger partial charge in [0.1, 0.15) is 0 Å². The average molecular weight is 309 g/mol. The van der Waals surface area contributed by atoms with Crippen LogP contribution in [0.1, 0.15) is 38.5 Å². The highest BCUT2D eigenvalue weighted by molar-refractivity contribution is 7.89. The number of sulfonamides is 1. The summed E-state index contributed by atoms with van der Waals surface area (Å²) in [6.45, 7) is 2.54. The minimum absolute atomic E-state index is 0. The molecule has 1 saturated carbocycles. The number of piperidine rings is 1. The molecule has 1 aliphatic carbocycles. The monoisotopic (exact) mass is 308 g/mol. The van der Waals surface area contributed by atoms with E-state index in [0.29, 0.717) is 23.6 Å². The van der Waals surface area contributed by atoms with Gasteiger partial charge in [0.15, 0.2) is 0 Å². The molecular weight excluding hydrogens is 284 g/mol. The van der Waals surface area contributed by atoms with Crippen LogP contribution < -0.4 is 5.32 Å². The molecule has 3 fully saturated rings. The van der Waals surface area contributed by atoms with Crippen LogP contribution in [0, 0.1) is 11.8 Å². The van der Waals surface area contributed by atoms with Crippen molar-refractivity contribution in [3.05, 3.63) is 0 Å². The molecule has 2 aliphatic heterocycles. The Balaban J connectivity index is 0.00000133. The molecule has 2 atom stereocenters. The zero-order valence-electron chi connectivity index (χ0n) is 11.4. The van der Waals surface area contributed by atoms with Crippen LogP contribution >= 0.6 is 12.4 Å². The number of nitrogens with one attached hydrogen (secondary N) is 1. The van der Waals surface area contributed by atoms with Crippen LogP contribution in [-0.4, -0.2) is 44.2 Å². The third-order valence-corrected chi connectivity index (χ3v) is 6.89. The summed E-state index contributed by atoms with van der Waals surface area (Å²) in [5.74, 6) is 1.62. The van der Waals surface area contributed by atoms with Crippen LogP contribution in [0.3, 0.4) is 0 Å². The van der Waals surface area contributed by atoms with Crippen molar-refractivity contribution in [1.29, 1.82) is 0 Å². The first kappa shape index (κ1) is 15.5. The third-order valence-electron chi connectivity index (χ3n) is 5.02. The van der Waals surface area contributed by atoms with E-state index in [1.165, 1.54) is 19.3 Å². The molecule has 0 amide bonds. The summed E-state index contributed by atoms with van der Waals surface area (Å²) in [4.78, 5) is 0. The van der Waals surface area contributed by atoms with Crippen LogP contribution in [0.4, 0.5) is 0 Å². The summed E-state index contributed by atoms with van der Waals surface area (Å²) in [5, 5.41) is 3.48. The van der Waals surface area contributed by atoms with Crippen LogP contribution in [0.2, 0.25) is 0 Å². The van der Waals surface area contributed by atoms with Crippen molar-refractivity contribution in [2.75, 3.05) is 25.4 Å². The minimum atomic E-state index is -2.99. The molecule has 112 valence electrons. The number of rotatable bonds is 4. The fourth-order valence-corrected chi connectivity index (χ4v) is 5.18. The normalized spacial score (nSPS) is 32.4. The van der Waals surface area contributed by atoms with E-state index < -0.39 is 10.0 Å². The quantitative estimate of drug-likeness (QED) is 0.858. The fourth-order valence-electron chi connectivity index (χ4n) is 3.49. The SMILES string of the molecule is Cl.O=S(=O)(CCC1CCC1)N1CCC2NCCC2C1. The van der Waals surface area contributed by atoms with Gasteiger partial charge in [-0.3, -0.25) is 0 Å². The van der Waals surface area contributed by atoms with Crippen molar-refractivity contribution in [2.45, 2.75) is 44.6 Å². The Labute approximate surface area is 122 Å². The second kappa shape index (κ2) is 6.29. The Hall–Kier alpha value is 0.160. The van der Waals surface area contributed by atoms with Crippen LogP contribution in [0.15, 0.2) is 0 Å². The van der Waals surface area contributed by atoms with Crippen molar-refractivity contribution in [3.8, 4) is 0 Å². The zero-order chi connectivity index (χ0) is 12.6. The largest absolute Gasteiger partial charge is 0.314 e. The Morgan fingerprint density at radius 3 is 2.63 bits per heavy atom. The van der Waals surface area contributed by atoms with E-state index in [9.17, 15) is 8.42 Å². The first-order chi connectivity index (χ1) is 8.65. The third kappa shape index (κ3) is 3.43. The summed E-state index contributed by atoms with van der Waals surface area (Å²) in [6.07, 6.45) is 6.79. The highest BCUT2D eigenvalue weighted by Gasteiger charge is 2.37. The van der Waals surface area contributed by atoms with Gasteiger partial charge in [-0.1, -0.05) is 19.3 Å². The van der Waals surface area contributed by atoms with E-state index in [1.807, 2.05) is 0 Å². The minimum Gasteiger partial charge on any atom is -0.314 e. The van der Waals surface area contributed by atoms with E-state index in [4.69, 9.17) is 0 Å². The van der Waals surface area contributed by atoms with E-state index in [2.05, 4.69) is 5.32 Å². The average Bonchev–Trinajstić information content (AvgIpc) is 2.73. The van der Waals surface area contributed by atoms with Crippen molar-refractivity contribution < 1.29 is 8.42 Å². The van der Waals surface area contributed by atoms with Crippen molar-refractivity contribution in [1.82, 2.24) is 9.62 Å². The van der Waals surface area contributed by atoms with Gasteiger partial charge in [-0.2, -0.15) is 0 Å². The molecule has 3 aliphatic rings. The van der Waals surface area contributed by atoms with Gasteiger partial charge >= 0.3 is 0 Å². The lowest BCUT2D eigenvalue weighted by atomic mass is 9.84. The molecule has 2 saturated heterocycles. The number of hydrogen-bond acceptors (Lipinski definition) is 3.